The second kappa shape index (κ2) is 8.97. The second-order valence-corrected chi connectivity index (χ2v) is 7.69. The third-order valence-electron chi connectivity index (χ3n) is 4.74. The zero-order valence-electron chi connectivity index (χ0n) is 16.0. The van der Waals surface area contributed by atoms with Crippen molar-refractivity contribution in [2.75, 3.05) is 17.2 Å². The van der Waals surface area contributed by atoms with Gasteiger partial charge in [0.2, 0.25) is 0 Å². The molecule has 3 aromatic heterocycles. The summed E-state index contributed by atoms with van der Waals surface area (Å²) in [4.78, 5) is 38.4. The average Bonchev–Trinajstić information content (AvgIpc) is 3.38. The highest BCUT2D eigenvalue weighted by molar-refractivity contribution is 7.13. The van der Waals surface area contributed by atoms with Crippen LogP contribution in [-0.2, 0) is 11.3 Å². The maximum Gasteiger partial charge on any atom is 0.326 e. The van der Waals surface area contributed by atoms with Gasteiger partial charge < -0.3 is 5.11 Å². The Labute approximate surface area is 176 Å². The zero-order valence-corrected chi connectivity index (χ0v) is 16.8. The molecule has 1 atom stereocenters. The molecule has 9 nitrogen and oxygen atoms in total. The second-order valence-electron chi connectivity index (χ2n) is 6.83. The Morgan fingerprint density at radius 2 is 1.93 bits per heavy atom. The van der Waals surface area contributed by atoms with Crippen LogP contribution in [0.15, 0.2) is 48.1 Å². The number of carbonyl (C=O) groups excluding carboxylic acids is 1. The van der Waals surface area contributed by atoms with Crippen molar-refractivity contribution in [1.29, 1.82) is 0 Å². The SMILES string of the molecule is O=C(Nc1cccc(CN2CCCC2C(=O)O)n1)Nc1csc(-c2ccncc2)n1. The fourth-order valence-electron chi connectivity index (χ4n) is 3.36. The first-order valence-electron chi connectivity index (χ1n) is 9.45. The predicted octanol–water partition coefficient (Wildman–Crippen LogP) is 3.29. The lowest BCUT2D eigenvalue weighted by Gasteiger charge is -2.20. The maximum absolute atomic E-state index is 12.3. The molecule has 1 saturated heterocycles. The quantitative estimate of drug-likeness (QED) is 0.555. The Morgan fingerprint density at radius 1 is 1.13 bits per heavy atom. The van der Waals surface area contributed by atoms with Crippen molar-refractivity contribution in [1.82, 2.24) is 19.9 Å². The van der Waals surface area contributed by atoms with E-state index >= 15 is 0 Å². The maximum atomic E-state index is 12.3. The van der Waals surface area contributed by atoms with E-state index in [2.05, 4.69) is 25.6 Å². The molecule has 3 N–H and O–H groups in total. The minimum atomic E-state index is -0.810. The number of thiazole rings is 1. The van der Waals surface area contributed by atoms with E-state index in [0.717, 1.165) is 23.5 Å². The molecule has 0 bridgehead atoms. The average molecular weight is 424 g/mol. The molecule has 4 heterocycles. The number of carboxylic acid groups (broad SMARTS) is 1. The van der Waals surface area contributed by atoms with E-state index in [1.807, 2.05) is 23.1 Å². The molecule has 0 saturated carbocycles. The molecule has 0 radical (unpaired) electrons. The number of hydrogen-bond donors (Lipinski definition) is 3. The molecule has 10 heteroatoms. The number of aromatic nitrogens is 3. The number of urea groups is 1. The first-order chi connectivity index (χ1) is 14.6. The third-order valence-corrected chi connectivity index (χ3v) is 5.63. The molecule has 30 heavy (non-hydrogen) atoms. The van der Waals surface area contributed by atoms with Crippen molar-refractivity contribution in [3.8, 4) is 10.6 Å². The van der Waals surface area contributed by atoms with Crippen molar-refractivity contribution >= 4 is 35.0 Å². The Bertz CT molecular complexity index is 1040. The molecule has 0 aromatic carbocycles. The highest BCUT2D eigenvalue weighted by atomic mass is 32.1. The van der Waals surface area contributed by atoms with Crippen LogP contribution in [0.1, 0.15) is 18.5 Å². The van der Waals surface area contributed by atoms with Crippen LogP contribution in [0.25, 0.3) is 10.6 Å². The molecular weight excluding hydrogens is 404 g/mol. The molecule has 1 aliphatic rings. The number of nitrogens with one attached hydrogen (secondary N) is 2. The van der Waals surface area contributed by atoms with E-state index in [9.17, 15) is 14.7 Å². The highest BCUT2D eigenvalue weighted by Gasteiger charge is 2.30. The lowest BCUT2D eigenvalue weighted by atomic mass is 10.2. The van der Waals surface area contributed by atoms with Gasteiger partial charge in [-0.05, 0) is 43.7 Å². The summed E-state index contributed by atoms with van der Waals surface area (Å²) in [6.07, 6.45) is 4.88. The van der Waals surface area contributed by atoms with Crippen molar-refractivity contribution in [2.45, 2.75) is 25.4 Å². The van der Waals surface area contributed by atoms with Gasteiger partial charge in [0, 0.05) is 29.9 Å². The summed E-state index contributed by atoms with van der Waals surface area (Å²) in [6.45, 7) is 1.15. The van der Waals surface area contributed by atoms with Gasteiger partial charge in [-0.15, -0.1) is 11.3 Å². The van der Waals surface area contributed by atoms with Crippen molar-refractivity contribution < 1.29 is 14.7 Å². The van der Waals surface area contributed by atoms with Crippen molar-refractivity contribution in [3.63, 3.8) is 0 Å². The lowest BCUT2D eigenvalue weighted by molar-refractivity contribution is -0.142. The van der Waals surface area contributed by atoms with Gasteiger partial charge in [0.25, 0.3) is 0 Å². The summed E-state index contributed by atoms with van der Waals surface area (Å²) in [6, 6.07) is 8.07. The van der Waals surface area contributed by atoms with E-state index in [4.69, 9.17) is 0 Å². The molecular formula is C20H20N6O3S. The number of carbonyl (C=O) groups is 2. The first-order valence-corrected chi connectivity index (χ1v) is 10.3. The van der Waals surface area contributed by atoms with E-state index in [-0.39, 0.29) is 0 Å². The monoisotopic (exact) mass is 424 g/mol. The van der Waals surface area contributed by atoms with Crippen LogP contribution in [0, 0.1) is 0 Å². The molecule has 2 amide bonds. The van der Waals surface area contributed by atoms with Crippen molar-refractivity contribution in [3.05, 3.63) is 53.8 Å². The molecule has 1 unspecified atom stereocenters. The van der Waals surface area contributed by atoms with Crippen LogP contribution in [0.3, 0.4) is 0 Å². The predicted molar refractivity (Wildman–Crippen MR) is 113 cm³/mol. The third kappa shape index (κ3) is 4.78. The van der Waals surface area contributed by atoms with Gasteiger partial charge in [-0.25, -0.2) is 14.8 Å². The number of pyridine rings is 2. The fraction of sp³-hybridized carbons (Fsp3) is 0.250. The standard InChI is InChI=1S/C20H20N6O3S/c27-19(28)15-4-2-10-26(15)11-14-3-1-5-16(22-14)24-20(29)25-17-12-30-18(23-17)13-6-8-21-9-7-13/h1,3,5-9,12,15H,2,4,10-11H2,(H,27,28)(H2,22,24,25,29). The van der Waals surface area contributed by atoms with Gasteiger partial charge in [0.05, 0.1) is 5.69 Å². The number of hydrogen-bond acceptors (Lipinski definition) is 7. The van der Waals surface area contributed by atoms with Gasteiger partial charge in [-0.3, -0.25) is 25.3 Å². The Hall–Kier alpha value is -3.37. The number of likely N-dealkylation sites (tertiary alicyclic amines) is 1. The largest absolute Gasteiger partial charge is 0.480 e. The highest BCUT2D eigenvalue weighted by Crippen LogP contribution is 2.25. The van der Waals surface area contributed by atoms with Gasteiger partial charge in [-0.2, -0.15) is 0 Å². The number of amides is 2. The van der Waals surface area contributed by atoms with Gasteiger partial charge in [-0.1, -0.05) is 6.07 Å². The molecule has 0 aliphatic carbocycles. The van der Waals surface area contributed by atoms with Crippen LogP contribution < -0.4 is 10.6 Å². The summed E-state index contributed by atoms with van der Waals surface area (Å²) >= 11 is 1.42. The van der Waals surface area contributed by atoms with Gasteiger partial charge >= 0.3 is 12.0 Å². The summed E-state index contributed by atoms with van der Waals surface area (Å²) < 4.78 is 0. The first kappa shape index (κ1) is 19.9. The number of rotatable bonds is 6. The topological polar surface area (TPSA) is 120 Å². The number of aliphatic carboxylic acids is 1. The van der Waals surface area contributed by atoms with Gasteiger partial charge in [0.1, 0.15) is 22.7 Å². The van der Waals surface area contributed by atoms with E-state index in [1.54, 1.807) is 29.9 Å². The molecule has 4 rings (SSSR count). The van der Waals surface area contributed by atoms with E-state index < -0.39 is 18.0 Å². The summed E-state index contributed by atoms with van der Waals surface area (Å²) in [5.74, 6) is 0.0260. The van der Waals surface area contributed by atoms with Crippen LogP contribution in [-0.4, -0.2) is 49.5 Å². The summed E-state index contributed by atoms with van der Waals surface area (Å²) in [7, 11) is 0. The Morgan fingerprint density at radius 3 is 2.73 bits per heavy atom. The summed E-state index contributed by atoms with van der Waals surface area (Å²) in [5, 5.41) is 17.3. The van der Waals surface area contributed by atoms with Crippen LogP contribution >= 0.6 is 11.3 Å². The minimum absolute atomic E-state index is 0.389. The normalized spacial score (nSPS) is 16.3. The number of carboxylic acids is 1. The smallest absolute Gasteiger partial charge is 0.326 e. The number of nitrogens with zero attached hydrogens (tertiary/aromatic N) is 4. The van der Waals surface area contributed by atoms with E-state index in [0.29, 0.717) is 30.3 Å². The molecule has 154 valence electrons. The van der Waals surface area contributed by atoms with Crippen LogP contribution in [0.5, 0.6) is 0 Å². The molecule has 3 aromatic rings. The minimum Gasteiger partial charge on any atom is -0.480 e. The molecule has 0 spiro atoms. The lowest BCUT2D eigenvalue weighted by Crippen LogP contribution is -2.35. The number of anilines is 2. The van der Waals surface area contributed by atoms with Gasteiger partial charge in [0.15, 0.2) is 0 Å². The Balaban J connectivity index is 1.36. The van der Waals surface area contributed by atoms with Crippen LogP contribution in [0.2, 0.25) is 0 Å². The Kier molecular flexibility index (Phi) is 5.96. The zero-order chi connectivity index (χ0) is 20.9. The molecule has 1 aliphatic heterocycles. The van der Waals surface area contributed by atoms with E-state index in [1.165, 1.54) is 11.3 Å². The van der Waals surface area contributed by atoms with Crippen molar-refractivity contribution in [2.24, 2.45) is 0 Å². The fourth-order valence-corrected chi connectivity index (χ4v) is 4.12. The molecule has 1 fully saturated rings. The summed E-state index contributed by atoms with van der Waals surface area (Å²) in [5.41, 5.74) is 1.63. The van der Waals surface area contributed by atoms with Crippen LogP contribution in [0.4, 0.5) is 16.4 Å².